The van der Waals surface area contributed by atoms with E-state index >= 15 is 0 Å². The van der Waals surface area contributed by atoms with Crippen molar-refractivity contribution < 1.29 is 9.59 Å². The van der Waals surface area contributed by atoms with Crippen molar-refractivity contribution in [1.82, 2.24) is 10.2 Å². The van der Waals surface area contributed by atoms with Crippen LogP contribution in [0.3, 0.4) is 0 Å². The Kier molecular flexibility index (Phi) is 8.61. The second kappa shape index (κ2) is 11.4. The maximum Gasteiger partial charge on any atom is 0.251 e. The predicted octanol–water partition coefficient (Wildman–Crippen LogP) is 5.06. The molecule has 1 saturated heterocycles. The van der Waals surface area contributed by atoms with Gasteiger partial charge < -0.3 is 15.5 Å². The lowest BCUT2D eigenvalue weighted by Gasteiger charge is -2.19. The van der Waals surface area contributed by atoms with Gasteiger partial charge in [0.1, 0.15) is 0 Å². The summed E-state index contributed by atoms with van der Waals surface area (Å²) < 4.78 is 0. The second-order valence-electron chi connectivity index (χ2n) is 7.46. The minimum Gasteiger partial charge on any atom is -0.351 e. The van der Waals surface area contributed by atoms with Gasteiger partial charge in [-0.25, -0.2) is 0 Å². The lowest BCUT2D eigenvalue weighted by molar-refractivity contribution is -0.114. The maximum atomic E-state index is 12.6. The summed E-state index contributed by atoms with van der Waals surface area (Å²) in [6.45, 7) is 5.17. The number of carbonyl (C=O) groups excluding carboxylic acids is 2. The molecule has 160 valence electrons. The molecule has 3 rings (SSSR count). The molecule has 0 radical (unpaired) electrons. The van der Waals surface area contributed by atoms with Crippen LogP contribution in [0.1, 0.15) is 43.0 Å². The largest absolute Gasteiger partial charge is 0.351 e. The summed E-state index contributed by atoms with van der Waals surface area (Å²) in [6.07, 6.45) is 5.08. The fourth-order valence-electron chi connectivity index (χ4n) is 3.47. The van der Waals surface area contributed by atoms with Crippen LogP contribution < -0.4 is 10.6 Å². The molecule has 1 aliphatic rings. The van der Waals surface area contributed by atoms with E-state index in [2.05, 4.69) is 15.5 Å². The SMILES string of the molecule is CC(=O)Nc1cc(C(=O)NCCN2CCCCCC2)ccc1Sc1ccc(Cl)cc1. The van der Waals surface area contributed by atoms with Gasteiger partial charge in [0.05, 0.1) is 5.69 Å². The van der Waals surface area contributed by atoms with Crippen LogP contribution >= 0.6 is 23.4 Å². The van der Waals surface area contributed by atoms with Gasteiger partial charge in [-0.3, -0.25) is 9.59 Å². The van der Waals surface area contributed by atoms with Gasteiger partial charge in [0.25, 0.3) is 5.91 Å². The Morgan fingerprint density at radius 2 is 1.73 bits per heavy atom. The molecule has 2 aromatic rings. The summed E-state index contributed by atoms with van der Waals surface area (Å²) in [5.74, 6) is -0.300. The molecule has 0 unspecified atom stereocenters. The number of anilines is 1. The van der Waals surface area contributed by atoms with Crippen LogP contribution in [0.25, 0.3) is 0 Å². The van der Waals surface area contributed by atoms with Gasteiger partial charge in [-0.15, -0.1) is 0 Å². The molecule has 0 saturated carbocycles. The van der Waals surface area contributed by atoms with Crippen LogP contribution in [0.15, 0.2) is 52.3 Å². The number of amides is 2. The zero-order valence-corrected chi connectivity index (χ0v) is 18.8. The number of hydrogen-bond acceptors (Lipinski definition) is 4. The van der Waals surface area contributed by atoms with Crippen molar-refractivity contribution >= 4 is 40.9 Å². The number of nitrogens with zero attached hydrogens (tertiary/aromatic N) is 1. The van der Waals surface area contributed by atoms with E-state index in [4.69, 9.17) is 11.6 Å². The van der Waals surface area contributed by atoms with Crippen LogP contribution in [0.5, 0.6) is 0 Å². The molecule has 1 fully saturated rings. The third-order valence-corrected chi connectivity index (χ3v) is 6.34. The molecule has 7 heteroatoms. The minimum absolute atomic E-state index is 0.125. The number of carbonyl (C=O) groups is 2. The lowest BCUT2D eigenvalue weighted by atomic mass is 10.2. The smallest absolute Gasteiger partial charge is 0.251 e. The fourth-order valence-corrected chi connectivity index (χ4v) is 4.47. The van der Waals surface area contributed by atoms with E-state index in [1.807, 2.05) is 30.3 Å². The van der Waals surface area contributed by atoms with Crippen molar-refractivity contribution in [3.63, 3.8) is 0 Å². The van der Waals surface area contributed by atoms with Crippen molar-refractivity contribution in [2.75, 3.05) is 31.5 Å². The minimum atomic E-state index is -0.174. The van der Waals surface area contributed by atoms with E-state index in [-0.39, 0.29) is 11.8 Å². The molecular weight excluding hydrogens is 418 g/mol. The van der Waals surface area contributed by atoms with E-state index in [0.29, 0.717) is 22.8 Å². The monoisotopic (exact) mass is 445 g/mol. The third-order valence-electron chi connectivity index (χ3n) is 5.01. The van der Waals surface area contributed by atoms with Gasteiger partial charge in [-0.2, -0.15) is 0 Å². The maximum absolute atomic E-state index is 12.6. The average Bonchev–Trinajstić information content (AvgIpc) is 2.99. The van der Waals surface area contributed by atoms with Crippen LogP contribution in [0, 0.1) is 0 Å². The van der Waals surface area contributed by atoms with Gasteiger partial charge in [-0.1, -0.05) is 36.2 Å². The highest BCUT2D eigenvalue weighted by atomic mass is 35.5. The van der Waals surface area contributed by atoms with E-state index in [0.717, 1.165) is 29.4 Å². The molecule has 5 nitrogen and oxygen atoms in total. The third kappa shape index (κ3) is 7.04. The highest BCUT2D eigenvalue weighted by Gasteiger charge is 2.13. The molecule has 1 aliphatic heterocycles. The molecule has 0 aromatic heterocycles. The van der Waals surface area contributed by atoms with Crippen LogP contribution in [-0.2, 0) is 4.79 Å². The number of halogens is 1. The summed E-state index contributed by atoms with van der Waals surface area (Å²) in [7, 11) is 0. The summed E-state index contributed by atoms with van der Waals surface area (Å²) in [5, 5.41) is 6.52. The molecule has 2 amide bonds. The predicted molar refractivity (Wildman–Crippen MR) is 124 cm³/mol. The van der Waals surface area contributed by atoms with E-state index < -0.39 is 0 Å². The summed E-state index contributed by atoms with van der Waals surface area (Å²) >= 11 is 7.47. The van der Waals surface area contributed by atoms with Crippen LogP contribution in [-0.4, -0.2) is 42.9 Å². The Labute approximate surface area is 187 Å². The first kappa shape index (κ1) is 22.7. The molecule has 0 spiro atoms. The normalized spacial score (nSPS) is 14.7. The summed E-state index contributed by atoms with van der Waals surface area (Å²) in [5.41, 5.74) is 1.16. The molecule has 0 bridgehead atoms. The molecule has 2 aromatic carbocycles. The topological polar surface area (TPSA) is 61.4 Å². The zero-order chi connectivity index (χ0) is 21.3. The van der Waals surface area contributed by atoms with Crippen LogP contribution in [0.2, 0.25) is 5.02 Å². The first-order valence-corrected chi connectivity index (χ1v) is 11.6. The summed E-state index contributed by atoms with van der Waals surface area (Å²) in [4.78, 5) is 28.6. The molecule has 30 heavy (non-hydrogen) atoms. The standard InChI is InChI=1S/C23H28ClN3O2S/c1-17(28)26-21-16-18(6-11-22(21)30-20-9-7-19(24)8-10-20)23(29)25-12-15-27-13-4-2-3-5-14-27/h6-11,16H,2-5,12-15H2,1H3,(H,25,29)(H,26,28). The van der Waals surface area contributed by atoms with E-state index in [1.165, 1.54) is 44.4 Å². The van der Waals surface area contributed by atoms with E-state index in [1.54, 1.807) is 12.1 Å². The van der Waals surface area contributed by atoms with Gasteiger partial charge in [-0.05, 0) is 68.4 Å². The quantitative estimate of drug-likeness (QED) is 0.625. The van der Waals surface area contributed by atoms with E-state index in [9.17, 15) is 9.59 Å². The Morgan fingerprint density at radius 3 is 2.40 bits per heavy atom. The van der Waals surface area contributed by atoms with Crippen molar-refractivity contribution in [3.05, 3.63) is 53.1 Å². The van der Waals surface area contributed by atoms with Gasteiger partial charge in [0.2, 0.25) is 5.91 Å². The second-order valence-corrected chi connectivity index (χ2v) is 9.01. The van der Waals surface area contributed by atoms with Crippen molar-refractivity contribution in [1.29, 1.82) is 0 Å². The number of benzene rings is 2. The lowest BCUT2D eigenvalue weighted by Crippen LogP contribution is -2.35. The molecule has 2 N–H and O–H groups in total. The molecule has 1 heterocycles. The highest BCUT2D eigenvalue weighted by molar-refractivity contribution is 7.99. The Hall–Kier alpha value is -2.02. The van der Waals surface area contributed by atoms with Crippen molar-refractivity contribution in [3.8, 4) is 0 Å². The number of likely N-dealkylation sites (tertiary alicyclic amines) is 1. The molecular formula is C23H28ClN3O2S. The number of hydrogen-bond donors (Lipinski definition) is 2. The van der Waals surface area contributed by atoms with Gasteiger partial charge >= 0.3 is 0 Å². The van der Waals surface area contributed by atoms with Crippen molar-refractivity contribution in [2.45, 2.75) is 42.4 Å². The molecule has 0 aliphatic carbocycles. The number of rotatable bonds is 7. The Balaban J connectivity index is 1.64. The average molecular weight is 446 g/mol. The zero-order valence-electron chi connectivity index (χ0n) is 17.2. The van der Waals surface area contributed by atoms with Crippen molar-refractivity contribution in [2.24, 2.45) is 0 Å². The van der Waals surface area contributed by atoms with Crippen LogP contribution in [0.4, 0.5) is 5.69 Å². The van der Waals surface area contributed by atoms with Gasteiger partial charge in [0.15, 0.2) is 0 Å². The fraction of sp³-hybridized carbons (Fsp3) is 0.391. The first-order valence-electron chi connectivity index (χ1n) is 10.4. The highest BCUT2D eigenvalue weighted by Crippen LogP contribution is 2.34. The first-order chi connectivity index (χ1) is 14.5. The Bertz CT molecular complexity index is 865. The summed E-state index contributed by atoms with van der Waals surface area (Å²) in [6, 6.07) is 12.9. The van der Waals surface area contributed by atoms with Gasteiger partial charge in [0, 0.05) is 40.4 Å². The number of nitrogens with one attached hydrogen (secondary N) is 2. The molecule has 0 atom stereocenters. The Morgan fingerprint density at radius 1 is 1.03 bits per heavy atom.